The average Bonchev–Trinajstić information content (AvgIpc) is 3.79. The zero-order valence-electron chi connectivity index (χ0n) is 31.7. The fourth-order valence-corrected chi connectivity index (χ4v) is 8.04. The molecule has 58 heavy (non-hydrogen) atoms. The third kappa shape index (κ3) is 8.32. The van der Waals surface area contributed by atoms with Crippen LogP contribution in [0.2, 0.25) is 0 Å². The van der Waals surface area contributed by atoms with E-state index in [2.05, 4.69) is 36.1 Å². The maximum Gasteiger partial charge on any atom is 0.323 e. The SMILES string of the molecule is O=C(/C=C/C(=O)N1CCC(CN2CCN(c3ccc4c(c3)C(=O)N(C3CCC(=O)NC3=O)C4=O)CC2)CC1)Nc1ccc(NC(=O)Nc2ccc3[nH]ccc3c2)cc1. The minimum atomic E-state index is -0.994. The fourth-order valence-electron chi connectivity index (χ4n) is 8.04. The van der Waals surface area contributed by atoms with Gasteiger partial charge >= 0.3 is 6.03 Å². The minimum absolute atomic E-state index is 0.0743. The van der Waals surface area contributed by atoms with Crippen LogP contribution < -0.4 is 26.2 Å². The van der Waals surface area contributed by atoms with Gasteiger partial charge in [-0.3, -0.25) is 43.9 Å². The summed E-state index contributed by atoms with van der Waals surface area (Å²) in [5.74, 6) is -2.28. The monoisotopic (exact) mass is 785 g/mol. The number of piperazine rings is 1. The molecule has 3 saturated heterocycles. The molecular formula is C42H43N9O7. The number of hydrogen-bond acceptors (Lipinski definition) is 9. The highest BCUT2D eigenvalue weighted by Crippen LogP contribution is 2.31. The first-order valence-corrected chi connectivity index (χ1v) is 19.4. The van der Waals surface area contributed by atoms with Crippen molar-refractivity contribution in [2.45, 2.75) is 31.7 Å². The number of imide groups is 2. The molecule has 4 aliphatic heterocycles. The number of hydrogen-bond donors (Lipinski definition) is 5. The van der Waals surface area contributed by atoms with Crippen LogP contribution in [0.1, 0.15) is 46.4 Å². The molecule has 0 spiro atoms. The van der Waals surface area contributed by atoms with Gasteiger partial charge in [-0.2, -0.15) is 0 Å². The molecule has 0 radical (unpaired) electrons. The fraction of sp³-hybridized carbons (Fsp3) is 0.310. The van der Waals surface area contributed by atoms with Crippen molar-refractivity contribution in [3.8, 4) is 0 Å². The van der Waals surface area contributed by atoms with Gasteiger partial charge in [-0.25, -0.2) is 4.79 Å². The van der Waals surface area contributed by atoms with E-state index in [0.717, 1.165) is 67.1 Å². The molecule has 0 saturated carbocycles. The predicted molar refractivity (Wildman–Crippen MR) is 216 cm³/mol. The van der Waals surface area contributed by atoms with Crippen LogP contribution in [0.3, 0.4) is 0 Å². The summed E-state index contributed by atoms with van der Waals surface area (Å²) in [6.45, 7) is 5.26. The standard InChI is InChI=1S/C42H43N9O7/c52-36(44-28-1-3-29(4-2-28)45-42(58)46-30-5-8-34-27(23-30)13-16-43-34)11-12-38(54)50-17-14-26(15-18-50)25-48-19-21-49(22-20-48)31-6-7-32-33(24-31)41(57)51(40(32)56)35-9-10-37(53)47-39(35)55/h1-8,11-13,16,23-24,26,35,43H,9-10,14-15,17-22,25H2,(H,44,52)(H2,45,46,58)(H,47,53,55)/b12-11+. The Hall–Kier alpha value is -6.81. The summed E-state index contributed by atoms with van der Waals surface area (Å²) in [5.41, 5.74) is 4.08. The van der Waals surface area contributed by atoms with E-state index in [1.165, 1.54) is 12.2 Å². The van der Waals surface area contributed by atoms with Crippen molar-refractivity contribution in [3.63, 3.8) is 0 Å². The molecule has 0 aliphatic carbocycles. The first-order valence-electron chi connectivity index (χ1n) is 19.4. The lowest BCUT2D eigenvalue weighted by Gasteiger charge is -2.39. The van der Waals surface area contributed by atoms with E-state index in [0.29, 0.717) is 36.1 Å². The molecule has 5 N–H and O–H groups in total. The van der Waals surface area contributed by atoms with Gasteiger partial charge in [0.25, 0.3) is 11.8 Å². The topological polar surface area (TPSA) is 196 Å². The maximum atomic E-state index is 13.3. The third-order valence-corrected chi connectivity index (χ3v) is 11.2. The van der Waals surface area contributed by atoms with Crippen LogP contribution in [-0.4, -0.2) is 113 Å². The summed E-state index contributed by atoms with van der Waals surface area (Å²) in [7, 11) is 0. The number of aromatic nitrogens is 1. The van der Waals surface area contributed by atoms with Gasteiger partial charge in [0.05, 0.1) is 11.1 Å². The highest BCUT2D eigenvalue weighted by atomic mass is 16.2. The average molecular weight is 786 g/mol. The van der Waals surface area contributed by atoms with Crippen molar-refractivity contribution in [3.05, 3.63) is 96.2 Å². The van der Waals surface area contributed by atoms with Gasteiger partial charge in [0, 0.05) is 104 Å². The number of fused-ring (bicyclic) bond motifs is 2. The summed E-state index contributed by atoms with van der Waals surface area (Å²) < 4.78 is 0. The Morgan fingerprint density at radius 1 is 0.707 bits per heavy atom. The second kappa shape index (κ2) is 16.3. The molecule has 16 nitrogen and oxygen atoms in total. The van der Waals surface area contributed by atoms with Crippen molar-refractivity contribution in [2.24, 2.45) is 5.92 Å². The molecule has 8 rings (SSSR count). The zero-order chi connectivity index (χ0) is 40.3. The number of rotatable bonds is 9. The molecule has 3 fully saturated rings. The summed E-state index contributed by atoms with van der Waals surface area (Å²) in [4.78, 5) is 98.8. The lowest BCUT2D eigenvalue weighted by atomic mass is 9.95. The van der Waals surface area contributed by atoms with Gasteiger partial charge in [-0.1, -0.05) is 0 Å². The molecule has 298 valence electrons. The number of carbonyl (C=O) groups is 7. The third-order valence-electron chi connectivity index (χ3n) is 11.2. The van der Waals surface area contributed by atoms with Gasteiger partial charge in [0.2, 0.25) is 23.6 Å². The number of nitrogens with zero attached hydrogens (tertiary/aromatic N) is 4. The Morgan fingerprint density at radius 3 is 2.14 bits per heavy atom. The van der Waals surface area contributed by atoms with Crippen LogP contribution in [0, 0.1) is 5.92 Å². The van der Waals surface area contributed by atoms with Crippen molar-refractivity contribution in [1.29, 1.82) is 0 Å². The van der Waals surface area contributed by atoms with E-state index in [1.54, 1.807) is 41.3 Å². The number of benzene rings is 3. The van der Waals surface area contributed by atoms with Crippen molar-refractivity contribution >= 4 is 75.1 Å². The Kier molecular flexibility index (Phi) is 10.7. The number of piperidine rings is 2. The van der Waals surface area contributed by atoms with Crippen molar-refractivity contribution in [1.82, 2.24) is 25.0 Å². The molecule has 5 heterocycles. The van der Waals surface area contributed by atoms with Crippen LogP contribution in [-0.2, 0) is 19.2 Å². The van der Waals surface area contributed by atoms with Crippen LogP contribution >= 0.6 is 0 Å². The number of likely N-dealkylation sites (tertiary alicyclic amines) is 1. The van der Waals surface area contributed by atoms with E-state index in [4.69, 9.17) is 0 Å². The lowest BCUT2D eigenvalue weighted by molar-refractivity contribution is -0.136. The molecule has 1 unspecified atom stereocenters. The summed E-state index contributed by atoms with van der Waals surface area (Å²) >= 11 is 0. The number of anilines is 4. The maximum absolute atomic E-state index is 13.3. The van der Waals surface area contributed by atoms with Gasteiger partial charge in [0.15, 0.2) is 0 Å². The van der Waals surface area contributed by atoms with Crippen LogP contribution in [0.5, 0.6) is 0 Å². The van der Waals surface area contributed by atoms with E-state index >= 15 is 0 Å². The number of aromatic amines is 1. The molecule has 0 bridgehead atoms. The Morgan fingerprint density at radius 2 is 1.40 bits per heavy atom. The van der Waals surface area contributed by atoms with Gasteiger partial charge in [0.1, 0.15) is 6.04 Å². The molecular weight excluding hydrogens is 743 g/mol. The number of urea groups is 1. The molecule has 3 aromatic carbocycles. The van der Waals surface area contributed by atoms with Crippen LogP contribution in [0.15, 0.2) is 85.1 Å². The van der Waals surface area contributed by atoms with Crippen LogP contribution in [0.25, 0.3) is 10.9 Å². The van der Waals surface area contributed by atoms with E-state index < -0.39 is 41.6 Å². The Balaban J connectivity index is 0.741. The second-order valence-electron chi connectivity index (χ2n) is 15.0. The molecule has 1 aromatic heterocycles. The van der Waals surface area contributed by atoms with Gasteiger partial charge in [-0.15, -0.1) is 0 Å². The molecule has 4 aliphatic rings. The second-order valence-corrected chi connectivity index (χ2v) is 15.0. The van der Waals surface area contributed by atoms with Gasteiger partial charge < -0.3 is 30.7 Å². The largest absolute Gasteiger partial charge is 0.369 e. The van der Waals surface area contributed by atoms with Crippen molar-refractivity contribution < 1.29 is 33.6 Å². The Labute approximate surface area is 333 Å². The first-order chi connectivity index (χ1) is 28.1. The number of nitrogens with one attached hydrogen (secondary N) is 5. The quantitative estimate of drug-likeness (QED) is 0.124. The lowest BCUT2D eigenvalue weighted by Crippen LogP contribution is -2.54. The summed E-state index contributed by atoms with van der Waals surface area (Å²) in [5, 5.41) is 11.5. The molecule has 4 aromatic rings. The van der Waals surface area contributed by atoms with Gasteiger partial charge in [-0.05, 0) is 91.9 Å². The van der Waals surface area contributed by atoms with E-state index in [9.17, 15) is 33.6 Å². The van der Waals surface area contributed by atoms with E-state index in [-0.39, 0.29) is 29.9 Å². The molecule has 8 amide bonds. The minimum Gasteiger partial charge on any atom is -0.369 e. The highest BCUT2D eigenvalue weighted by molar-refractivity contribution is 6.23. The van der Waals surface area contributed by atoms with Crippen molar-refractivity contribution in [2.75, 3.05) is 66.7 Å². The summed E-state index contributed by atoms with van der Waals surface area (Å²) in [6, 6.07) is 18.0. The Bertz CT molecular complexity index is 2320. The zero-order valence-corrected chi connectivity index (χ0v) is 31.7. The molecule has 16 heteroatoms. The normalized spacial score (nSPS) is 19.1. The predicted octanol–water partition coefficient (Wildman–Crippen LogP) is 3.77. The van der Waals surface area contributed by atoms with E-state index in [1.807, 2.05) is 36.5 Å². The van der Waals surface area contributed by atoms with Crippen LogP contribution in [0.4, 0.5) is 27.5 Å². The number of carbonyl (C=O) groups excluding carboxylic acids is 7. The summed E-state index contributed by atoms with van der Waals surface area (Å²) in [6.07, 6.45) is 6.28. The highest BCUT2D eigenvalue weighted by Gasteiger charge is 2.45. The number of H-pyrrole nitrogens is 1. The first kappa shape index (κ1) is 38.1. The number of amides is 8. The molecule has 1 atom stereocenters. The smallest absolute Gasteiger partial charge is 0.323 e.